The van der Waals surface area contributed by atoms with Gasteiger partial charge in [-0.05, 0) is 31.0 Å². The van der Waals surface area contributed by atoms with Gasteiger partial charge in [-0.2, -0.15) is 0 Å². The van der Waals surface area contributed by atoms with E-state index >= 15 is 0 Å². The summed E-state index contributed by atoms with van der Waals surface area (Å²) in [5.41, 5.74) is 7.91. The van der Waals surface area contributed by atoms with Gasteiger partial charge in [0.2, 0.25) is 5.91 Å². The Morgan fingerprint density at radius 2 is 2.36 bits per heavy atom. The van der Waals surface area contributed by atoms with Crippen LogP contribution in [0.25, 0.3) is 6.08 Å². The van der Waals surface area contributed by atoms with E-state index in [-0.39, 0.29) is 5.91 Å². The maximum absolute atomic E-state index is 10.6. The van der Waals surface area contributed by atoms with Gasteiger partial charge in [0.05, 0.1) is 0 Å². The Morgan fingerprint density at radius 3 is 2.93 bits per heavy atom. The highest BCUT2D eigenvalue weighted by atomic mass is 16.1. The van der Waals surface area contributed by atoms with E-state index in [1.807, 2.05) is 19.1 Å². The maximum atomic E-state index is 10.6. The van der Waals surface area contributed by atoms with E-state index in [0.717, 1.165) is 17.0 Å². The van der Waals surface area contributed by atoms with Crippen LogP contribution in [0.1, 0.15) is 23.4 Å². The van der Waals surface area contributed by atoms with Crippen molar-refractivity contribution in [2.75, 3.05) is 0 Å². The van der Waals surface area contributed by atoms with Crippen molar-refractivity contribution in [2.24, 2.45) is 5.73 Å². The molecular formula is C11H14N2O. The predicted octanol–water partition coefficient (Wildman–Crippen LogP) is 1.45. The summed E-state index contributed by atoms with van der Waals surface area (Å²) in [6.07, 6.45) is 2.70. The van der Waals surface area contributed by atoms with Crippen molar-refractivity contribution < 1.29 is 4.79 Å². The molecule has 0 atom stereocenters. The van der Waals surface area contributed by atoms with Crippen LogP contribution in [0.4, 0.5) is 0 Å². The number of aryl methyl sites for hydroxylation is 2. The van der Waals surface area contributed by atoms with Gasteiger partial charge in [-0.3, -0.25) is 9.78 Å². The topological polar surface area (TPSA) is 56.0 Å². The Labute approximate surface area is 83.7 Å². The van der Waals surface area contributed by atoms with Crippen LogP contribution in [0.15, 0.2) is 18.7 Å². The lowest BCUT2D eigenvalue weighted by Gasteiger charge is -2.02. The van der Waals surface area contributed by atoms with Crippen LogP contribution in [-0.4, -0.2) is 10.9 Å². The summed E-state index contributed by atoms with van der Waals surface area (Å²) in [4.78, 5) is 14.9. The Morgan fingerprint density at radius 1 is 1.64 bits per heavy atom. The fraction of sp³-hybridized carbons (Fsp3) is 0.273. The molecule has 2 N–H and O–H groups in total. The van der Waals surface area contributed by atoms with E-state index in [0.29, 0.717) is 12.8 Å². The van der Waals surface area contributed by atoms with Crippen molar-refractivity contribution in [2.45, 2.75) is 19.8 Å². The van der Waals surface area contributed by atoms with Crippen molar-refractivity contribution in [3.05, 3.63) is 35.7 Å². The summed E-state index contributed by atoms with van der Waals surface area (Å²) < 4.78 is 0. The van der Waals surface area contributed by atoms with Crippen molar-refractivity contribution in [3.8, 4) is 0 Å². The van der Waals surface area contributed by atoms with Gasteiger partial charge < -0.3 is 5.73 Å². The Hall–Kier alpha value is -1.64. The second-order valence-electron chi connectivity index (χ2n) is 3.20. The highest BCUT2D eigenvalue weighted by Gasteiger charge is 2.00. The van der Waals surface area contributed by atoms with Gasteiger partial charge in [0.25, 0.3) is 0 Å². The third-order valence-electron chi connectivity index (χ3n) is 1.89. The number of carbonyl (C=O) groups is 1. The molecule has 0 aromatic carbocycles. The zero-order valence-corrected chi connectivity index (χ0v) is 8.29. The molecule has 74 valence electrons. The third kappa shape index (κ3) is 3.01. The monoisotopic (exact) mass is 190 g/mol. The summed E-state index contributed by atoms with van der Waals surface area (Å²) in [6.45, 7) is 5.61. The van der Waals surface area contributed by atoms with Gasteiger partial charge in [-0.15, -0.1) is 0 Å². The average Bonchev–Trinajstić information content (AvgIpc) is 2.14. The molecule has 0 saturated heterocycles. The minimum absolute atomic E-state index is 0.298. The van der Waals surface area contributed by atoms with Crippen LogP contribution in [-0.2, 0) is 11.2 Å². The molecule has 0 saturated carbocycles. The normalized spacial score (nSPS) is 9.79. The van der Waals surface area contributed by atoms with Crippen molar-refractivity contribution in [1.29, 1.82) is 0 Å². The van der Waals surface area contributed by atoms with Gasteiger partial charge in [0.15, 0.2) is 0 Å². The maximum Gasteiger partial charge on any atom is 0.217 e. The molecule has 1 aromatic heterocycles. The number of carbonyl (C=O) groups excluding carboxylic acids is 1. The molecule has 0 spiro atoms. The molecule has 0 unspecified atom stereocenters. The van der Waals surface area contributed by atoms with Gasteiger partial charge in [-0.25, -0.2) is 0 Å². The summed E-state index contributed by atoms with van der Waals surface area (Å²) in [7, 11) is 0. The first-order chi connectivity index (χ1) is 6.61. The fourth-order valence-corrected chi connectivity index (χ4v) is 1.26. The zero-order valence-electron chi connectivity index (χ0n) is 8.29. The van der Waals surface area contributed by atoms with Gasteiger partial charge >= 0.3 is 0 Å². The van der Waals surface area contributed by atoms with Crippen LogP contribution in [0.2, 0.25) is 0 Å². The largest absolute Gasteiger partial charge is 0.370 e. The fourth-order valence-electron chi connectivity index (χ4n) is 1.26. The molecule has 0 fully saturated rings. The van der Waals surface area contributed by atoms with E-state index in [1.165, 1.54) is 0 Å². The molecule has 1 rings (SSSR count). The molecular weight excluding hydrogens is 176 g/mol. The number of hydrogen-bond acceptors (Lipinski definition) is 2. The second-order valence-corrected chi connectivity index (χ2v) is 3.20. The Kier molecular flexibility index (Phi) is 3.40. The lowest BCUT2D eigenvalue weighted by Crippen LogP contribution is -2.11. The van der Waals surface area contributed by atoms with E-state index in [1.54, 1.807) is 6.08 Å². The lowest BCUT2D eigenvalue weighted by atomic mass is 10.1. The number of primary amides is 1. The first-order valence-electron chi connectivity index (χ1n) is 4.50. The van der Waals surface area contributed by atoms with E-state index in [2.05, 4.69) is 11.6 Å². The number of nitrogens with two attached hydrogens (primary N) is 1. The number of amides is 1. The molecule has 3 heteroatoms. The quantitative estimate of drug-likeness (QED) is 0.781. The minimum atomic E-state index is -0.298. The first kappa shape index (κ1) is 10.4. The smallest absolute Gasteiger partial charge is 0.217 e. The van der Waals surface area contributed by atoms with Gasteiger partial charge in [-0.1, -0.05) is 12.7 Å². The zero-order chi connectivity index (χ0) is 10.6. The van der Waals surface area contributed by atoms with Crippen LogP contribution in [0, 0.1) is 6.92 Å². The highest BCUT2D eigenvalue weighted by Crippen LogP contribution is 2.08. The number of aromatic nitrogens is 1. The molecule has 0 aliphatic rings. The van der Waals surface area contributed by atoms with E-state index < -0.39 is 0 Å². The first-order valence-corrected chi connectivity index (χ1v) is 4.50. The van der Waals surface area contributed by atoms with Crippen LogP contribution < -0.4 is 5.73 Å². The number of rotatable bonds is 4. The predicted molar refractivity (Wildman–Crippen MR) is 56.6 cm³/mol. The molecule has 14 heavy (non-hydrogen) atoms. The molecule has 0 bridgehead atoms. The summed E-state index contributed by atoms with van der Waals surface area (Å²) >= 11 is 0. The number of nitrogens with zero attached hydrogens (tertiary/aromatic N) is 1. The number of hydrogen-bond donors (Lipinski definition) is 1. The molecule has 1 heterocycles. The summed E-state index contributed by atoms with van der Waals surface area (Å²) in [5.74, 6) is -0.298. The molecule has 1 aromatic rings. The lowest BCUT2D eigenvalue weighted by molar-refractivity contribution is -0.118. The minimum Gasteiger partial charge on any atom is -0.370 e. The average molecular weight is 190 g/mol. The van der Waals surface area contributed by atoms with Crippen LogP contribution in [0.3, 0.4) is 0 Å². The standard InChI is InChI=1S/C11H14N2O/c1-3-9-6-8(2)13-10(7-9)4-5-11(12)14/h3,6-7H,1,4-5H2,2H3,(H2,12,14). The van der Waals surface area contributed by atoms with Crippen LogP contribution >= 0.6 is 0 Å². The number of pyridine rings is 1. The summed E-state index contributed by atoms with van der Waals surface area (Å²) in [6, 6.07) is 3.86. The molecule has 1 amide bonds. The van der Waals surface area contributed by atoms with E-state index in [4.69, 9.17) is 5.73 Å². The van der Waals surface area contributed by atoms with Crippen LogP contribution in [0.5, 0.6) is 0 Å². The molecule has 0 radical (unpaired) electrons. The molecule has 0 aliphatic heterocycles. The summed E-state index contributed by atoms with van der Waals surface area (Å²) in [5, 5.41) is 0. The highest BCUT2D eigenvalue weighted by molar-refractivity contribution is 5.73. The van der Waals surface area contributed by atoms with E-state index in [9.17, 15) is 4.79 Å². The van der Waals surface area contributed by atoms with Gasteiger partial charge in [0.1, 0.15) is 0 Å². The second kappa shape index (κ2) is 4.56. The van der Waals surface area contributed by atoms with Gasteiger partial charge in [0, 0.05) is 17.8 Å². The molecule has 0 aliphatic carbocycles. The third-order valence-corrected chi connectivity index (χ3v) is 1.89. The van der Waals surface area contributed by atoms with Crippen molar-refractivity contribution in [3.63, 3.8) is 0 Å². The Balaban J connectivity index is 2.81. The SMILES string of the molecule is C=Cc1cc(C)nc(CCC(N)=O)c1. The Bertz CT molecular complexity index is 358. The molecule has 3 nitrogen and oxygen atoms in total. The van der Waals surface area contributed by atoms with Crippen molar-refractivity contribution in [1.82, 2.24) is 4.98 Å². The van der Waals surface area contributed by atoms with Crippen molar-refractivity contribution >= 4 is 12.0 Å².